The van der Waals surface area contributed by atoms with Gasteiger partial charge in [-0.1, -0.05) is 29.8 Å². The molecule has 0 radical (unpaired) electrons. The van der Waals surface area contributed by atoms with E-state index >= 15 is 0 Å². The summed E-state index contributed by atoms with van der Waals surface area (Å²) >= 11 is 5.87. The van der Waals surface area contributed by atoms with Crippen molar-refractivity contribution in [2.75, 3.05) is 18.4 Å². The maximum Gasteiger partial charge on any atom is 0.319 e. The monoisotopic (exact) mass is 360 g/mol. The fraction of sp³-hybridized carbons (Fsp3) is 0.222. The van der Waals surface area contributed by atoms with Crippen LogP contribution in [0.1, 0.15) is 22.3 Å². The molecule has 0 saturated heterocycles. The molecule has 2 aromatic carbocycles. The number of carbonyl (C=O) groups is 2. The number of rotatable bonds is 7. The van der Waals surface area contributed by atoms with E-state index in [2.05, 4.69) is 16.0 Å². The molecule has 5 N–H and O–H groups in total. The largest absolute Gasteiger partial charge is 0.352 e. The molecule has 0 fully saturated rings. The van der Waals surface area contributed by atoms with Crippen LogP contribution in [0.4, 0.5) is 10.5 Å². The molecule has 132 valence electrons. The molecule has 6 nitrogen and oxygen atoms in total. The van der Waals surface area contributed by atoms with Crippen LogP contribution >= 0.6 is 11.6 Å². The van der Waals surface area contributed by atoms with Gasteiger partial charge in [0.05, 0.1) is 0 Å². The fourth-order valence-corrected chi connectivity index (χ4v) is 2.29. The number of urea groups is 1. The van der Waals surface area contributed by atoms with Crippen molar-refractivity contribution in [1.29, 1.82) is 0 Å². The van der Waals surface area contributed by atoms with Crippen LogP contribution < -0.4 is 21.7 Å². The molecular formula is C18H21ClN4O2. The number of benzene rings is 2. The summed E-state index contributed by atoms with van der Waals surface area (Å²) in [5, 5.41) is 8.80. The highest BCUT2D eigenvalue weighted by atomic mass is 35.5. The summed E-state index contributed by atoms with van der Waals surface area (Å²) in [4.78, 5) is 23.8. The van der Waals surface area contributed by atoms with Crippen molar-refractivity contribution in [2.24, 2.45) is 5.73 Å². The molecule has 0 aliphatic rings. The smallest absolute Gasteiger partial charge is 0.319 e. The standard InChI is InChI=1S/C18H21ClN4O2/c19-15-3-1-4-16(11-15)23-18(25)22-12-13-5-7-14(8-6-13)17(24)21-10-2-9-20/h1,3-8,11H,2,9-10,12,20H2,(H,21,24)(H2,22,23,25). The van der Waals surface area contributed by atoms with Crippen LogP contribution in [0.15, 0.2) is 48.5 Å². The van der Waals surface area contributed by atoms with Crippen LogP contribution in [-0.2, 0) is 6.54 Å². The van der Waals surface area contributed by atoms with Crippen molar-refractivity contribution in [3.8, 4) is 0 Å². The van der Waals surface area contributed by atoms with Gasteiger partial charge in [0.2, 0.25) is 0 Å². The normalized spacial score (nSPS) is 10.2. The Labute approximate surface area is 151 Å². The third kappa shape index (κ3) is 6.45. The number of halogens is 1. The number of anilines is 1. The summed E-state index contributed by atoms with van der Waals surface area (Å²) in [7, 11) is 0. The zero-order valence-electron chi connectivity index (χ0n) is 13.7. The van der Waals surface area contributed by atoms with Crippen LogP contribution in [0, 0.1) is 0 Å². The van der Waals surface area contributed by atoms with E-state index < -0.39 is 0 Å². The Morgan fingerprint density at radius 1 is 1.04 bits per heavy atom. The van der Waals surface area contributed by atoms with Crippen LogP contribution in [-0.4, -0.2) is 25.0 Å². The molecule has 0 aliphatic carbocycles. The quantitative estimate of drug-likeness (QED) is 0.571. The molecule has 7 heteroatoms. The van der Waals surface area contributed by atoms with E-state index in [0.717, 1.165) is 12.0 Å². The zero-order valence-corrected chi connectivity index (χ0v) is 14.5. The van der Waals surface area contributed by atoms with Crippen LogP contribution in [0.2, 0.25) is 5.02 Å². The Hall–Kier alpha value is -2.57. The van der Waals surface area contributed by atoms with Gasteiger partial charge in [-0.2, -0.15) is 0 Å². The van der Waals surface area contributed by atoms with Crippen molar-refractivity contribution in [3.05, 3.63) is 64.7 Å². The Morgan fingerprint density at radius 3 is 2.48 bits per heavy atom. The van der Waals surface area contributed by atoms with Crippen LogP contribution in [0.5, 0.6) is 0 Å². The number of nitrogens with one attached hydrogen (secondary N) is 3. The SMILES string of the molecule is NCCCNC(=O)c1ccc(CNC(=O)Nc2cccc(Cl)c2)cc1. The molecule has 25 heavy (non-hydrogen) atoms. The Kier molecular flexibility index (Phi) is 7.25. The Balaban J connectivity index is 1.80. The topological polar surface area (TPSA) is 96.2 Å². The number of hydrogen-bond acceptors (Lipinski definition) is 3. The van der Waals surface area contributed by atoms with Gasteiger partial charge in [-0.05, 0) is 48.9 Å². The van der Waals surface area contributed by atoms with Crippen molar-refractivity contribution in [2.45, 2.75) is 13.0 Å². The van der Waals surface area contributed by atoms with Crippen molar-refractivity contribution < 1.29 is 9.59 Å². The minimum absolute atomic E-state index is 0.133. The molecule has 0 heterocycles. The lowest BCUT2D eigenvalue weighted by molar-refractivity contribution is 0.0953. The van der Waals surface area contributed by atoms with Crippen LogP contribution in [0.3, 0.4) is 0 Å². The van der Waals surface area contributed by atoms with Crippen molar-refractivity contribution >= 4 is 29.2 Å². The summed E-state index contributed by atoms with van der Waals surface area (Å²) in [6.07, 6.45) is 0.746. The van der Waals surface area contributed by atoms with Gasteiger partial charge in [-0.25, -0.2) is 4.79 Å². The highest BCUT2D eigenvalue weighted by Crippen LogP contribution is 2.14. The summed E-state index contributed by atoms with van der Waals surface area (Å²) in [5.41, 5.74) is 7.47. The molecule has 0 bridgehead atoms. The number of hydrogen-bond donors (Lipinski definition) is 4. The second kappa shape index (κ2) is 9.66. The lowest BCUT2D eigenvalue weighted by Crippen LogP contribution is -2.28. The highest BCUT2D eigenvalue weighted by Gasteiger charge is 2.06. The zero-order chi connectivity index (χ0) is 18.1. The van der Waals surface area contributed by atoms with Gasteiger partial charge in [-0.3, -0.25) is 4.79 Å². The number of nitrogens with two attached hydrogens (primary N) is 1. The highest BCUT2D eigenvalue weighted by molar-refractivity contribution is 6.30. The van der Waals surface area contributed by atoms with Crippen molar-refractivity contribution in [3.63, 3.8) is 0 Å². The molecule has 0 aliphatic heterocycles. The third-order valence-corrected chi connectivity index (χ3v) is 3.65. The van der Waals surface area contributed by atoms with E-state index in [4.69, 9.17) is 17.3 Å². The maximum atomic E-state index is 11.9. The van der Waals surface area contributed by atoms with Gasteiger partial charge in [0.1, 0.15) is 0 Å². The summed E-state index contributed by atoms with van der Waals surface area (Å²) in [6.45, 7) is 1.45. The van der Waals surface area contributed by atoms with Gasteiger partial charge in [0, 0.05) is 29.4 Å². The van der Waals surface area contributed by atoms with E-state index in [0.29, 0.717) is 35.9 Å². The van der Waals surface area contributed by atoms with E-state index in [1.165, 1.54) is 0 Å². The molecule has 0 atom stereocenters. The predicted molar refractivity (Wildman–Crippen MR) is 99.8 cm³/mol. The van der Waals surface area contributed by atoms with E-state index in [1.807, 2.05) is 0 Å². The molecule has 0 saturated carbocycles. The number of carbonyl (C=O) groups excluding carboxylic acids is 2. The molecule has 2 rings (SSSR count). The minimum Gasteiger partial charge on any atom is -0.352 e. The summed E-state index contributed by atoms with van der Waals surface area (Å²) in [6, 6.07) is 13.6. The summed E-state index contributed by atoms with van der Waals surface area (Å²) in [5.74, 6) is -0.133. The lowest BCUT2D eigenvalue weighted by Gasteiger charge is -2.09. The molecule has 0 aromatic heterocycles. The lowest BCUT2D eigenvalue weighted by atomic mass is 10.1. The molecule has 0 spiro atoms. The van der Waals surface area contributed by atoms with Crippen LogP contribution in [0.25, 0.3) is 0 Å². The van der Waals surface area contributed by atoms with E-state index in [1.54, 1.807) is 48.5 Å². The first-order chi connectivity index (χ1) is 12.1. The van der Waals surface area contributed by atoms with E-state index in [-0.39, 0.29) is 11.9 Å². The average Bonchev–Trinajstić information content (AvgIpc) is 2.60. The van der Waals surface area contributed by atoms with E-state index in [9.17, 15) is 9.59 Å². The van der Waals surface area contributed by atoms with Gasteiger partial charge in [-0.15, -0.1) is 0 Å². The minimum atomic E-state index is -0.328. The Morgan fingerprint density at radius 2 is 1.80 bits per heavy atom. The second-order valence-electron chi connectivity index (χ2n) is 5.41. The molecular weight excluding hydrogens is 340 g/mol. The van der Waals surface area contributed by atoms with Gasteiger partial charge < -0.3 is 21.7 Å². The van der Waals surface area contributed by atoms with Crippen molar-refractivity contribution in [1.82, 2.24) is 10.6 Å². The number of amides is 3. The fourth-order valence-electron chi connectivity index (χ4n) is 2.10. The average molecular weight is 361 g/mol. The summed E-state index contributed by atoms with van der Waals surface area (Å²) < 4.78 is 0. The Bertz CT molecular complexity index is 719. The predicted octanol–water partition coefficient (Wildman–Crippen LogP) is 2.74. The first kappa shape index (κ1) is 18.8. The third-order valence-electron chi connectivity index (χ3n) is 3.42. The van der Waals surface area contributed by atoms with Gasteiger partial charge >= 0.3 is 6.03 Å². The first-order valence-corrected chi connectivity index (χ1v) is 8.34. The molecule has 3 amide bonds. The molecule has 0 unspecified atom stereocenters. The van der Waals surface area contributed by atoms with Gasteiger partial charge in [0.15, 0.2) is 0 Å². The molecule has 2 aromatic rings. The van der Waals surface area contributed by atoms with Gasteiger partial charge in [0.25, 0.3) is 5.91 Å². The maximum absolute atomic E-state index is 11.9. The second-order valence-corrected chi connectivity index (χ2v) is 5.85. The first-order valence-electron chi connectivity index (χ1n) is 7.96.